The number of rotatable bonds is 4. The van der Waals surface area contributed by atoms with Gasteiger partial charge in [0, 0.05) is 22.2 Å². The van der Waals surface area contributed by atoms with Crippen molar-refractivity contribution in [1.82, 2.24) is 0 Å². The van der Waals surface area contributed by atoms with Crippen molar-refractivity contribution >= 4 is 44.0 Å². The summed E-state index contributed by atoms with van der Waals surface area (Å²) in [5.41, 5.74) is 1.91. The zero-order chi connectivity index (χ0) is 19.7. The number of sulfone groups is 1. The molecule has 2 heterocycles. The smallest absolute Gasteiger partial charge is 0.255 e. The van der Waals surface area contributed by atoms with Gasteiger partial charge < -0.3 is 15.4 Å². The summed E-state index contributed by atoms with van der Waals surface area (Å²) in [4.78, 5) is 17.0. The summed E-state index contributed by atoms with van der Waals surface area (Å²) in [5, 5.41) is 6.71. The Balaban J connectivity index is 1.42. The third-order valence-electron chi connectivity index (χ3n) is 4.54. The molecule has 0 aliphatic carbocycles. The number of hydrogen-bond donors (Lipinski definition) is 2. The van der Waals surface area contributed by atoms with Crippen LogP contribution in [0.25, 0.3) is 0 Å². The average Bonchev–Trinajstić information content (AvgIpc) is 3.15. The van der Waals surface area contributed by atoms with Crippen molar-refractivity contribution in [2.75, 3.05) is 29.2 Å². The molecular formula is C19H19N3O4S2. The van der Waals surface area contributed by atoms with E-state index in [1.807, 2.05) is 6.07 Å². The summed E-state index contributed by atoms with van der Waals surface area (Å²) in [6, 6.07) is 14.0. The molecule has 28 heavy (non-hydrogen) atoms. The lowest BCUT2D eigenvalue weighted by molar-refractivity contribution is 0.102. The standard InChI is InChI=1S/C19H19N3O4S2/c1-26-15-7-5-13(6-8-15)20-18(23)12-3-2-4-14(9-12)21-19-22-16-10-28(24,25)11-17(16)27-19/h2-9,16-17H,10-11H2,1H3,(H,20,23)(H,21,22)/t16-,17+/m1/s1. The summed E-state index contributed by atoms with van der Waals surface area (Å²) < 4.78 is 28.4. The SMILES string of the molecule is COc1ccc(NC(=O)c2cccc(NC3=N[C@@H]4CS(=O)(=O)C[C@@H]4S3)c2)cc1. The van der Waals surface area contributed by atoms with Gasteiger partial charge in [0.15, 0.2) is 15.0 Å². The molecule has 1 saturated heterocycles. The maximum atomic E-state index is 12.5. The number of benzene rings is 2. The van der Waals surface area contributed by atoms with E-state index in [9.17, 15) is 13.2 Å². The number of aliphatic imine (C=N–C) groups is 1. The number of methoxy groups -OCH3 is 1. The lowest BCUT2D eigenvalue weighted by atomic mass is 10.2. The second kappa shape index (κ2) is 7.48. The van der Waals surface area contributed by atoms with Crippen LogP contribution in [0.15, 0.2) is 53.5 Å². The number of carbonyl (C=O) groups excluding carboxylic acids is 1. The summed E-state index contributed by atoms with van der Waals surface area (Å²) in [6.07, 6.45) is 0. The van der Waals surface area contributed by atoms with Gasteiger partial charge in [-0.05, 0) is 42.5 Å². The predicted octanol–water partition coefficient (Wildman–Crippen LogP) is 2.63. The summed E-state index contributed by atoms with van der Waals surface area (Å²) in [5.74, 6) is 0.774. The van der Waals surface area contributed by atoms with Crippen LogP contribution in [0, 0.1) is 0 Å². The number of amidine groups is 1. The maximum absolute atomic E-state index is 12.5. The second-order valence-corrected chi connectivity index (χ2v) is 10.0. The Labute approximate surface area is 167 Å². The molecule has 2 N–H and O–H groups in total. The van der Waals surface area contributed by atoms with Crippen molar-refractivity contribution in [2.24, 2.45) is 4.99 Å². The first kappa shape index (κ1) is 18.8. The van der Waals surface area contributed by atoms with Crippen LogP contribution < -0.4 is 15.4 Å². The van der Waals surface area contributed by atoms with Crippen LogP contribution in [0.3, 0.4) is 0 Å². The molecule has 0 saturated carbocycles. The fourth-order valence-electron chi connectivity index (χ4n) is 3.16. The normalized spacial score (nSPS) is 22.2. The topological polar surface area (TPSA) is 96.9 Å². The highest BCUT2D eigenvalue weighted by atomic mass is 32.2. The van der Waals surface area contributed by atoms with Crippen molar-refractivity contribution in [3.8, 4) is 5.75 Å². The number of nitrogens with one attached hydrogen (secondary N) is 2. The van der Waals surface area contributed by atoms with E-state index in [2.05, 4.69) is 15.6 Å². The lowest BCUT2D eigenvalue weighted by Gasteiger charge is -2.10. The minimum absolute atomic E-state index is 0.0194. The van der Waals surface area contributed by atoms with Gasteiger partial charge in [-0.2, -0.15) is 0 Å². The Morgan fingerprint density at radius 1 is 1.14 bits per heavy atom. The number of fused-ring (bicyclic) bond motifs is 1. The first-order valence-electron chi connectivity index (χ1n) is 8.69. The third kappa shape index (κ3) is 4.15. The average molecular weight is 418 g/mol. The van der Waals surface area contributed by atoms with E-state index in [1.165, 1.54) is 11.8 Å². The monoisotopic (exact) mass is 417 g/mol. The molecule has 2 aliphatic heterocycles. The van der Waals surface area contributed by atoms with Gasteiger partial charge in [-0.3, -0.25) is 9.79 Å². The number of thioether (sulfide) groups is 1. The number of nitrogens with zero attached hydrogens (tertiary/aromatic N) is 1. The Bertz CT molecular complexity index is 1040. The van der Waals surface area contributed by atoms with E-state index < -0.39 is 9.84 Å². The van der Waals surface area contributed by atoms with Gasteiger partial charge in [0.25, 0.3) is 5.91 Å². The molecule has 146 valence electrons. The molecule has 2 aromatic carbocycles. The van der Waals surface area contributed by atoms with Crippen molar-refractivity contribution in [3.05, 3.63) is 54.1 Å². The van der Waals surface area contributed by atoms with Crippen molar-refractivity contribution in [2.45, 2.75) is 11.3 Å². The van der Waals surface area contributed by atoms with E-state index in [0.717, 1.165) is 11.4 Å². The zero-order valence-electron chi connectivity index (χ0n) is 15.1. The molecule has 7 nitrogen and oxygen atoms in total. The Morgan fingerprint density at radius 3 is 2.64 bits per heavy atom. The van der Waals surface area contributed by atoms with Crippen LogP contribution in [0.2, 0.25) is 0 Å². The molecule has 0 radical (unpaired) electrons. The number of ether oxygens (including phenoxy) is 1. The van der Waals surface area contributed by atoms with Crippen LogP contribution in [-0.4, -0.2) is 49.4 Å². The van der Waals surface area contributed by atoms with E-state index in [-0.39, 0.29) is 28.7 Å². The first-order chi connectivity index (χ1) is 13.4. The van der Waals surface area contributed by atoms with Gasteiger partial charge in [-0.25, -0.2) is 8.42 Å². The highest BCUT2D eigenvalue weighted by molar-refractivity contribution is 8.15. The number of amides is 1. The lowest BCUT2D eigenvalue weighted by Crippen LogP contribution is -2.14. The largest absolute Gasteiger partial charge is 0.497 e. The van der Waals surface area contributed by atoms with Gasteiger partial charge in [0.2, 0.25) is 0 Å². The molecule has 0 aromatic heterocycles. The molecule has 2 aromatic rings. The summed E-state index contributed by atoms with van der Waals surface area (Å²) in [7, 11) is -1.38. The van der Waals surface area contributed by atoms with E-state index in [4.69, 9.17) is 4.74 Å². The van der Waals surface area contributed by atoms with Gasteiger partial charge in [-0.15, -0.1) is 0 Å². The molecule has 2 atom stereocenters. The Hall–Kier alpha value is -2.52. The van der Waals surface area contributed by atoms with Gasteiger partial charge in [0.05, 0.1) is 24.7 Å². The molecule has 2 aliphatic rings. The van der Waals surface area contributed by atoms with Crippen molar-refractivity contribution in [3.63, 3.8) is 0 Å². The molecule has 1 amide bonds. The molecule has 0 spiro atoms. The molecule has 0 bridgehead atoms. The van der Waals surface area contributed by atoms with E-state index in [1.54, 1.807) is 49.6 Å². The number of carbonyl (C=O) groups is 1. The Kier molecular flexibility index (Phi) is 5.03. The minimum atomic E-state index is -2.97. The fraction of sp³-hybridized carbons (Fsp3) is 0.263. The molecule has 0 unspecified atom stereocenters. The zero-order valence-corrected chi connectivity index (χ0v) is 16.7. The molecule has 1 fully saturated rings. The molecule has 9 heteroatoms. The van der Waals surface area contributed by atoms with Crippen LogP contribution in [0.1, 0.15) is 10.4 Å². The first-order valence-corrected chi connectivity index (χ1v) is 11.4. The Morgan fingerprint density at radius 2 is 1.93 bits per heavy atom. The number of hydrogen-bond acceptors (Lipinski definition) is 7. The van der Waals surface area contributed by atoms with Gasteiger partial charge in [0.1, 0.15) is 5.75 Å². The molecule has 4 rings (SSSR count). The quantitative estimate of drug-likeness (QED) is 0.794. The fourth-order valence-corrected chi connectivity index (χ4v) is 6.83. The van der Waals surface area contributed by atoms with E-state index in [0.29, 0.717) is 16.4 Å². The van der Waals surface area contributed by atoms with Crippen molar-refractivity contribution < 1.29 is 17.9 Å². The van der Waals surface area contributed by atoms with Crippen LogP contribution in [0.4, 0.5) is 11.4 Å². The predicted molar refractivity (Wildman–Crippen MR) is 112 cm³/mol. The minimum Gasteiger partial charge on any atom is -0.497 e. The van der Waals surface area contributed by atoms with Crippen LogP contribution in [0.5, 0.6) is 5.75 Å². The number of anilines is 2. The third-order valence-corrected chi connectivity index (χ3v) is 7.68. The van der Waals surface area contributed by atoms with Crippen LogP contribution in [-0.2, 0) is 9.84 Å². The van der Waals surface area contributed by atoms with Crippen LogP contribution >= 0.6 is 11.8 Å². The molecular weight excluding hydrogens is 398 g/mol. The van der Waals surface area contributed by atoms with Crippen molar-refractivity contribution in [1.29, 1.82) is 0 Å². The van der Waals surface area contributed by atoms with Gasteiger partial charge >= 0.3 is 0 Å². The highest BCUT2D eigenvalue weighted by Crippen LogP contribution is 2.34. The summed E-state index contributed by atoms with van der Waals surface area (Å²) >= 11 is 1.45. The maximum Gasteiger partial charge on any atom is 0.255 e. The second-order valence-electron chi connectivity index (χ2n) is 6.62. The summed E-state index contributed by atoms with van der Waals surface area (Å²) in [6.45, 7) is 0. The highest BCUT2D eigenvalue weighted by Gasteiger charge is 2.42. The van der Waals surface area contributed by atoms with E-state index >= 15 is 0 Å². The van der Waals surface area contributed by atoms with Gasteiger partial charge in [-0.1, -0.05) is 17.8 Å².